The summed E-state index contributed by atoms with van der Waals surface area (Å²) in [6, 6.07) is 0. The summed E-state index contributed by atoms with van der Waals surface area (Å²) >= 11 is 0. The summed E-state index contributed by atoms with van der Waals surface area (Å²) in [6.45, 7) is 2.27. The van der Waals surface area contributed by atoms with E-state index in [0.717, 1.165) is 12.3 Å². The lowest BCUT2D eigenvalue weighted by atomic mass is 10.2. The molecule has 12 heavy (non-hydrogen) atoms. The van der Waals surface area contributed by atoms with E-state index in [1.54, 1.807) is 6.92 Å². The van der Waals surface area contributed by atoms with Crippen molar-refractivity contribution in [1.82, 2.24) is 4.72 Å². The second-order valence-corrected chi connectivity index (χ2v) is 5.48. The minimum Gasteiger partial charge on any atom is -0.215 e. The van der Waals surface area contributed by atoms with Crippen LogP contribution in [0.15, 0.2) is 0 Å². The molecule has 1 saturated carbocycles. The van der Waals surface area contributed by atoms with Crippen molar-refractivity contribution in [1.29, 1.82) is 0 Å². The molecule has 0 aromatic heterocycles. The van der Waals surface area contributed by atoms with Gasteiger partial charge in [0.15, 0.2) is 0 Å². The van der Waals surface area contributed by atoms with Gasteiger partial charge in [-0.05, 0) is 25.7 Å². The Morgan fingerprint density at radius 2 is 2.08 bits per heavy atom. The molecule has 0 aliphatic heterocycles. The van der Waals surface area contributed by atoms with E-state index in [4.69, 9.17) is 0 Å². The van der Waals surface area contributed by atoms with Crippen molar-refractivity contribution in [2.24, 2.45) is 5.92 Å². The van der Waals surface area contributed by atoms with Gasteiger partial charge in [0.05, 0.1) is 5.75 Å². The number of hydrogen-bond acceptors (Lipinski definition) is 2. The van der Waals surface area contributed by atoms with Crippen molar-refractivity contribution in [3.8, 4) is 0 Å². The molecule has 0 atom stereocenters. The van der Waals surface area contributed by atoms with Gasteiger partial charge in [0.2, 0.25) is 10.0 Å². The Labute approximate surface area is 74.6 Å². The topological polar surface area (TPSA) is 46.2 Å². The van der Waals surface area contributed by atoms with Gasteiger partial charge in [-0.3, -0.25) is 0 Å². The highest BCUT2D eigenvalue weighted by molar-refractivity contribution is 7.89. The van der Waals surface area contributed by atoms with Crippen molar-refractivity contribution < 1.29 is 8.42 Å². The fraction of sp³-hybridized carbons (Fsp3) is 1.00. The van der Waals surface area contributed by atoms with Crippen LogP contribution < -0.4 is 4.72 Å². The molecule has 1 rings (SSSR count). The van der Waals surface area contributed by atoms with Gasteiger partial charge in [0.25, 0.3) is 0 Å². The third-order valence-corrected chi connectivity index (χ3v) is 3.59. The SMILES string of the molecule is CCS(=O)(=O)NCCCC1CC1. The number of hydrogen-bond donors (Lipinski definition) is 1. The Morgan fingerprint density at radius 3 is 2.58 bits per heavy atom. The Morgan fingerprint density at radius 1 is 1.42 bits per heavy atom. The van der Waals surface area contributed by atoms with Crippen LogP contribution >= 0.6 is 0 Å². The predicted molar refractivity (Wildman–Crippen MR) is 49.4 cm³/mol. The molecule has 0 heterocycles. The van der Waals surface area contributed by atoms with Crippen LogP contribution in [0.1, 0.15) is 32.6 Å². The lowest BCUT2D eigenvalue weighted by Gasteiger charge is -2.02. The van der Waals surface area contributed by atoms with Crippen LogP contribution in [-0.4, -0.2) is 20.7 Å². The van der Waals surface area contributed by atoms with E-state index in [2.05, 4.69) is 4.72 Å². The molecular formula is C8H17NO2S. The van der Waals surface area contributed by atoms with Gasteiger partial charge in [-0.25, -0.2) is 13.1 Å². The van der Waals surface area contributed by atoms with Crippen molar-refractivity contribution in [2.75, 3.05) is 12.3 Å². The normalized spacial score (nSPS) is 18.1. The molecule has 0 unspecified atom stereocenters. The molecule has 0 radical (unpaired) electrons. The summed E-state index contributed by atoms with van der Waals surface area (Å²) in [5.74, 6) is 1.09. The molecule has 0 aromatic rings. The molecule has 0 spiro atoms. The van der Waals surface area contributed by atoms with Crippen LogP contribution in [0.4, 0.5) is 0 Å². The first-order chi connectivity index (χ1) is 5.64. The molecule has 1 aliphatic rings. The van der Waals surface area contributed by atoms with Gasteiger partial charge in [-0.2, -0.15) is 0 Å². The lowest BCUT2D eigenvalue weighted by molar-refractivity contribution is 0.574. The first-order valence-electron chi connectivity index (χ1n) is 4.61. The Bertz CT molecular complexity index is 219. The zero-order chi connectivity index (χ0) is 9.03. The molecule has 1 fully saturated rings. The smallest absolute Gasteiger partial charge is 0.211 e. The number of sulfonamides is 1. The van der Waals surface area contributed by atoms with E-state index in [0.29, 0.717) is 6.54 Å². The molecule has 0 bridgehead atoms. The van der Waals surface area contributed by atoms with Gasteiger partial charge in [-0.1, -0.05) is 12.8 Å². The Hall–Kier alpha value is -0.0900. The number of rotatable bonds is 6. The summed E-state index contributed by atoms with van der Waals surface area (Å²) in [4.78, 5) is 0. The van der Waals surface area contributed by atoms with Crippen LogP contribution in [0.25, 0.3) is 0 Å². The first kappa shape index (κ1) is 9.99. The second-order valence-electron chi connectivity index (χ2n) is 3.38. The Kier molecular flexibility index (Phi) is 3.53. The minimum absolute atomic E-state index is 0.191. The molecule has 4 heteroatoms. The van der Waals surface area contributed by atoms with E-state index in [1.165, 1.54) is 19.3 Å². The molecule has 1 aliphatic carbocycles. The average molecular weight is 191 g/mol. The zero-order valence-corrected chi connectivity index (χ0v) is 8.36. The van der Waals surface area contributed by atoms with E-state index < -0.39 is 10.0 Å². The average Bonchev–Trinajstić information content (AvgIpc) is 2.82. The lowest BCUT2D eigenvalue weighted by Crippen LogP contribution is -2.26. The summed E-state index contributed by atoms with van der Waals surface area (Å²) in [6.07, 6.45) is 4.87. The maximum atomic E-state index is 10.9. The van der Waals surface area contributed by atoms with Crippen LogP contribution in [-0.2, 0) is 10.0 Å². The van der Waals surface area contributed by atoms with Gasteiger partial charge in [0, 0.05) is 6.54 Å². The molecule has 1 N–H and O–H groups in total. The highest BCUT2D eigenvalue weighted by Crippen LogP contribution is 2.33. The highest BCUT2D eigenvalue weighted by Gasteiger charge is 2.20. The maximum Gasteiger partial charge on any atom is 0.211 e. The Balaban J connectivity index is 2.00. The summed E-state index contributed by atoms with van der Waals surface area (Å²) < 4.78 is 24.5. The van der Waals surface area contributed by atoms with Crippen LogP contribution in [0, 0.1) is 5.92 Å². The minimum atomic E-state index is -2.95. The molecule has 72 valence electrons. The molecule has 0 saturated heterocycles. The molecule has 0 amide bonds. The molecule has 0 aromatic carbocycles. The molecular weight excluding hydrogens is 174 g/mol. The van der Waals surface area contributed by atoms with Crippen LogP contribution in [0.5, 0.6) is 0 Å². The fourth-order valence-electron chi connectivity index (χ4n) is 1.13. The third kappa shape index (κ3) is 4.07. The van der Waals surface area contributed by atoms with Gasteiger partial charge in [-0.15, -0.1) is 0 Å². The summed E-state index contributed by atoms with van der Waals surface area (Å²) in [5, 5.41) is 0. The van der Waals surface area contributed by atoms with E-state index in [1.807, 2.05) is 0 Å². The second kappa shape index (κ2) is 4.23. The fourth-order valence-corrected chi connectivity index (χ4v) is 1.79. The largest absolute Gasteiger partial charge is 0.215 e. The van der Waals surface area contributed by atoms with E-state index >= 15 is 0 Å². The first-order valence-corrected chi connectivity index (χ1v) is 6.26. The van der Waals surface area contributed by atoms with Crippen molar-refractivity contribution >= 4 is 10.0 Å². The van der Waals surface area contributed by atoms with Crippen molar-refractivity contribution in [2.45, 2.75) is 32.6 Å². The highest BCUT2D eigenvalue weighted by atomic mass is 32.2. The number of nitrogens with one attached hydrogen (secondary N) is 1. The zero-order valence-electron chi connectivity index (χ0n) is 7.54. The van der Waals surface area contributed by atoms with Crippen molar-refractivity contribution in [3.63, 3.8) is 0 Å². The van der Waals surface area contributed by atoms with E-state index in [-0.39, 0.29) is 5.75 Å². The van der Waals surface area contributed by atoms with Crippen LogP contribution in [0.3, 0.4) is 0 Å². The predicted octanol–water partition coefficient (Wildman–Crippen LogP) is 1.12. The molecule has 3 nitrogen and oxygen atoms in total. The van der Waals surface area contributed by atoms with Gasteiger partial charge >= 0.3 is 0 Å². The van der Waals surface area contributed by atoms with E-state index in [9.17, 15) is 8.42 Å². The maximum absolute atomic E-state index is 10.9. The van der Waals surface area contributed by atoms with Gasteiger partial charge < -0.3 is 0 Å². The van der Waals surface area contributed by atoms with Crippen LogP contribution in [0.2, 0.25) is 0 Å². The quantitative estimate of drug-likeness (QED) is 0.639. The third-order valence-electron chi connectivity index (χ3n) is 2.19. The standard InChI is InChI=1S/C8H17NO2S/c1-2-12(10,11)9-7-3-4-8-5-6-8/h8-9H,2-7H2,1H3. The summed E-state index contributed by atoms with van der Waals surface area (Å²) in [5.41, 5.74) is 0. The van der Waals surface area contributed by atoms with Gasteiger partial charge in [0.1, 0.15) is 0 Å². The monoisotopic (exact) mass is 191 g/mol. The van der Waals surface area contributed by atoms with Crippen molar-refractivity contribution in [3.05, 3.63) is 0 Å². The summed E-state index contributed by atoms with van der Waals surface area (Å²) in [7, 11) is -2.95.